The van der Waals surface area contributed by atoms with E-state index in [-0.39, 0.29) is 0 Å². The molecule has 1 aliphatic carbocycles. The Bertz CT molecular complexity index is 831. The normalized spacial score (nSPS) is 13.6. The van der Waals surface area contributed by atoms with Gasteiger partial charge in [0.2, 0.25) is 0 Å². The molecule has 2 aromatic rings. The fraction of sp³-hybridized carbons (Fsp3) is 0.381. The van der Waals surface area contributed by atoms with Gasteiger partial charge in [-0.1, -0.05) is 12.8 Å². The van der Waals surface area contributed by atoms with Gasteiger partial charge in [0, 0.05) is 10.4 Å². The zero-order valence-corrected chi connectivity index (χ0v) is 16.6. The summed E-state index contributed by atoms with van der Waals surface area (Å²) in [6, 6.07) is 8.24. The summed E-state index contributed by atoms with van der Waals surface area (Å²) in [4.78, 5) is 38.0. The molecule has 148 valence electrons. The molecule has 0 bridgehead atoms. The highest BCUT2D eigenvalue weighted by molar-refractivity contribution is 7.14. The highest BCUT2D eigenvalue weighted by Gasteiger charge is 2.18. The molecule has 1 aromatic carbocycles. The van der Waals surface area contributed by atoms with E-state index in [4.69, 9.17) is 9.47 Å². The lowest BCUT2D eigenvalue weighted by Crippen LogP contribution is -2.34. The van der Waals surface area contributed by atoms with Crippen molar-refractivity contribution in [3.8, 4) is 5.75 Å². The van der Waals surface area contributed by atoms with E-state index in [0.717, 1.165) is 25.7 Å². The number of esters is 1. The number of hydrogen-bond donors (Lipinski definition) is 1. The molecule has 0 spiro atoms. The Labute approximate surface area is 167 Å². The van der Waals surface area contributed by atoms with E-state index in [1.807, 2.05) is 6.07 Å². The maximum Gasteiger partial charge on any atom is 0.348 e. The smallest absolute Gasteiger partial charge is 0.348 e. The Balaban J connectivity index is 1.51. The number of rotatable bonds is 5. The van der Waals surface area contributed by atoms with Gasteiger partial charge >= 0.3 is 5.97 Å². The van der Waals surface area contributed by atoms with Crippen molar-refractivity contribution < 1.29 is 23.9 Å². The second kappa shape index (κ2) is 9.50. The van der Waals surface area contributed by atoms with E-state index in [9.17, 15) is 14.4 Å². The van der Waals surface area contributed by atoms with Gasteiger partial charge in [-0.15, -0.1) is 11.3 Å². The molecule has 0 aliphatic heterocycles. The lowest BCUT2D eigenvalue weighted by atomic mass is 10.00. The molecule has 2 amide bonds. The lowest BCUT2D eigenvalue weighted by Gasteiger charge is -2.07. The van der Waals surface area contributed by atoms with Crippen molar-refractivity contribution in [1.82, 2.24) is 5.32 Å². The van der Waals surface area contributed by atoms with Crippen LogP contribution in [-0.4, -0.2) is 31.5 Å². The minimum absolute atomic E-state index is 0.318. The Morgan fingerprint density at radius 1 is 1.04 bits per heavy atom. The first-order valence-corrected chi connectivity index (χ1v) is 10.2. The third-order valence-corrected chi connectivity index (χ3v) is 5.85. The number of ether oxygens (including phenoxy) is 2. The number of benzene rings is 1. The second-order valence-corrected chi connectivity index (χ2v) is 7.79. The average Bonchev–Trinajstić information content (AvgIpc) is 3.08. The Kier molecular flexibility index (Phi) is 6.81. The number of thiophene rings is 1. The third-order valence-electron chi connectivity index (χ3n) is 4.64. The van der Waals surface area contributed by atoms with E-state index in [1.165, 1.54) is 41.7 Å². The molecule has 7 heteroatoms. The molecule has 0 radical (unpaired) electrons. The largest absolute Gasteiger partial charge is 0.497 e. The summed E-state index contributed by atoms with van der Waals surface area (Å²) in [6.45, 7) is -0.497. The van der Waals surface area contributed by atoms with Gasteiger partial charge in [0.1, 0.15) is 10.6 Å². The monoisotopic (exact) mass is 401 g/mol. The van der Waals surface area contributed by atoms with E-state index in [0.29, 0.717) is 16.2 Å². The molecule has 6 nitrogen and oxygen atoms in total. The number of nitrogens with one attached hydrogen (secondary N) is 1. The van der Waals surface area contributed by atoms with Crippen LogP contribution >= 0.6 is 11.3 Å². The minimum atomic E-state index is -0.663. The fourth-order valence-corrected chi connectivity index (χ4v) is 4.27. The van der Waals surface area contributed by atoms with Crippen LogP contribution in [0.5, 0.6) is 5.75 Å². The molecular formula is C21H23NO5S. The number of amides is 2. The summed E-state index contributed by atoms with van der Waals surface area (Å²) in [5, 5.41) is 2.21. The van der Waals surface area contributed by atoms with Gasteiger partial charge < -0.3 is 9.47 Å². The number of carbonyl (C=O) groups is 3. The standard InChI is InChI=1S/C21H23NO5S/c1-26-16-10-8-14(9-11-16)20(24)22-19(23)13-27-21(25)18-12-15-6-4-2-3-5-7-17(15)28-18/h8-12H,2-7,13H2,1H3,(H,22,23,24). The van der Waals surface area contributed by atoms with E-state index in [1.54, 1.807) is 24.3 Å². The van der Waals surface area contributed by atoms with Crippen LogP contribution in [0.2, 0.25) is 0 Å². The van der Waals surface area contributed by atoms with Crippen molar-refractivity contribution >= 4 is 29.1 Å². The van der Waals surface area contributed by atoms with Gasteiger partial charge in [0.15, 0.2) is 6.61 Å². The van der Waals surface area contributed by atoms with Crippen molar-refractivity contribution in [2.45, 2.75) is 38.5 Å². The van der Waals surface area contributed by atoms with Gasteiger partial charge in [0.25, 0.3) is 11.8 Å². The maximum atomic E-state index is 12.3. The van der Waals surface area contributed by atoms with Crippen LogP contribution in [-0.2, 0) is 22.4 Å². The topological polar surface area (TPSA) is 81.7 Å². The Morgan fingerprint density at radius 3 is 2.46 bits per heavy atom. The SMILES string of the molecule is COc1ccc(C(=O)NC(=O)COC(=O)c2cc3c(s2)CCCCCC3)cc1. The fourth-order valence-electron chi connectivity index (χ4n) is 3.12. The summed E-state index contributed by atoms with van der Waals surface area (Å²) in [5.41, 5.74) is 1.54. The van der Waals surface area contributed by atoms with Crippen LogP contribution in [0.4, 0.5) is 0 Å². The summed E-state index contributed by atoms with van der Waals surface area (Å²) >= 11 is 1.45. The van der Waals surface area contributed by atoms with Crippen molar-refractivity contribution in [3.63, 3.8) is 0 Å². The molecule has 0 saturated heterocycles. The van der Waals surface area contributed by atoms with Gasteiger partial charge in [-0.25, -0.2) is 4.79 Å². The van der Waals surface area contributed by atoms with Crippen LogP contribution in [0.3, 0.4) is 0 Å². The highest BCUT2D eigenvalue weighted by Crippen LogP contribution is 2.28. The van der Waals surface area contributed by atoms with Crippen LogP contribution < -0.4 is 10.1 Å². The van der Waals surface area contributed by atoms with Gasteiger partial charge in [-0.2, -0.15) is 0 Å². The quantitative estimate of drug-likeness (QED) is 0.775. The molecule has 1 N–H and O–H groups in total. The van der Waals surface area contributed by atoms with Crippen LogP contribution in [0.1, 0.15) is 56.2 Å². The van der Waals surface area contributed by atoms with Gasteiger partial charge in [-0.05, 0) is 61.6 Å². The molecular weight excluding hydrogens is 378 g/mol. The van der Waals surface area contributed by atoms with Crippen molar-refractivity contribution in [2.75, 3.05) is 13.7 Å². The molecule has 0 fully saturated rings. The molecule has 1 heterocycles. The summed E-state index contributed by atoms with van der Waals surface area (Å²) in [7, 11) is 1.53. The third kappa shape index (κ3) is 5.19. The number of aryl methyl sites for hydroxylation is 2. The zero-order valence-electron chi connectivity index (χ0n) is 15.8. The van der Waals surface area contributed by atoms with Crippen molar-refractivity contribution in [3.05, 3.63) is 51.2 Å². The number of carbonyl (C=O) groups excluding carboxylic acids is 3. The molecule has 3 rings (SSSR count). The summed E-state index contributed by atoms with van der Waals surface area (Å²) in [6.07, 6.45) is 6.68. The molecule has 28 heavy (non-hydrogen) atoms. The first kappa shape index (κ1) is 20.1. The first-order valence-electron chi connectivity index (χ1n) is 9.34. The predicted molar refractivity (Wildman–Crippen MR) is 106 cm³/mol. The lowest BCUT2D eigenvalue weighted by molar-refractivity contribution is -0.123. The van der Waals surface area contributed by atoms with E-state index >= 15 is 0 Å². The zero-order chi connectivity index (χ0) is 19.9. The molecule has 0 unspecified atom stereocenters. The molecule has 0 atom stereocenters. The number of imide groups is 1. The molecule has 0 saturated carbocycles. The van der Waals surface area contributed by atoms with Crippen molar-refractivity contribution in [1.29, 1.82) is 0 Å². The second-order valence-electron chi connectivity index (χ2n) is 6.66. The number of hydrogen-bond acceptors (Lipinski definition) is 6. The average molecular weight is 401 g/mol. The minimum Gasteiger partial charge on any atom is -0.497 e. The Morgan fingerprint density at radius 2 is 1.75 bits per heavy atom. The highest BCUT2D eigenvalue weighted by atomic mass is 32.1. The van der Waals surface area contributed by atoms with Crippen LogP contribution in [0, 0.1) is 0 Å². The Hall–Kier alpha value is -2.67. The van der Waals surface area contributed by atoms with E-state index < -0.39 is 24.4 Å². The first-order chi connectivity index (χ1) is 13.6. The number of fused-ring (bicyclic) bond motifs is 1. The summed E-state index contributed by atoms with van der Waals surface area (Å²) < 4.78 is 10.1. The number of methoxy groups -OCH3 is 1. The predicted octanol–water partition coefficient (Wildman–Crippen LogP) is 3.53. The van der Waals surface area contributed by atoms with Crippen LogP contribution in [0.25, 0.3) is 0 Å². The van der Waals surface area contributed by atoms with Crippen LogP contribution in [0.15, 0.2) is 30.3 Å². The van der Waals surface area contributed by atoms with Gasteiger partial charge in [-0.3, -0.25) is 14.9 Å². The van der Waals surface area contributed by atoms with Gasteiger partial charge in [0.05, 0.1) is 7.11 Å². The summed E-state index contributed by atoms with van der Waals surface area (Å²) in [5.74, 6) is -1.13. The molecule has 1 aromatic heterocycles. The maximum absolute atomic E-state index is 12.3. The van der Waals surface area contributed by atoms with E-state index in [2.05, 4.69) is 5.32 Å². The molecule has 1 aliphatic rings. The van der Waals surface area contributed by atoms with Crippen molar-refractivity contribution in [2.24, 2.45) is 0 Å².